The van der Waals surface area contributed by atoms with Crippen molar-refractivity contribution in [1.29, 1.82) is 0 Å². The highest BCUT2D eigenvalue weighted by molar-refractivity contribution is 5.80. The number of rotatable bonds is 5. The molecule has 0 amide bonds. The molecule has 0 bridgehead atoms. The molecule has 118 valence electrons. The number of benzene rings is 1. The zero-order valence-electron chi connectivity index (χ0n) is 12.6. The van der Waals surface area contributed by atoms with E-state index in [9.17, 15) is 9.59 Å². The summed E-state index contributed by atoms with van der Waals surface area (Å²) in [6.07, 6.45) is 1.97. The quantitative estimate of drug-likeness (QED) is 0.775. The third-order valence-electron chi connectivity index (χ3n) is 3.69. The van der Waals surface area contributed by atoms with Crippen LogP contribution in [0.3, 0.4) is 0 Å². The molecular formula is C16H16N4O3. The predicted octanol–water partition coefficient (Wildman–Crippen LogP) is 1.76. The van der Waals surface area contributed by atoms with Gasteiger partial charge in [0.25, 0.3) is 5.56 Å². The number of nitrogens with zero attached hydrogens (tertiary/aromatic N) is 4. The van der Waals surface area contributed by atoms with Crippen molar-refractivity contribution in [2.24, 2.45) is 0 Å². The Morgan fingerprint density at radius 3 is 2.70 bits per heavy atom. The molecule has 7 nitrogen and oxygen atoms in total. The molecular weight excluding hydrogens is 296 g/mol. The van der Waals surface area contributed by atoms with E-state index in [2.05, 4.69) is 10.2 Å². The lowest BCUT2D eigenvalue weighted by Gasteiger charge is -2.02. The molecule has 0 fully saturated rings. The molecule has 0 aliphatic carbocycles. The number of aliphatic carboxylic acids is 1. The third-order valence-corrected chi connectivity index (χ3v) is 3.69. The van der Waals surface area contributed by atoms with Crippen LogP contribution in [0.2, 0.25) is 0 Å². The van der Waals surface area contributed by atoms with Crippen molar-refractivity contribution in [3.63, 3.8) is 0 Å². The van der Waals surface area contributed by atoms with Gasteiger partial charge in [-0.25, -0.2) is 9.36 Å². The fraction of sp³-hybridized carbons (Fsp3) is 0.250. The summed E-state index contributed by atoms with van der Waals surface area (Å²) in [5.41, 5.74) is 1.76. The second-order valence-corrected chi connectivity index (χ2v) is 5.27. The summed E-state index contributed by atoms with van der Waals surface area (Å²) in [4.78, 5) is 23.0. The molecule has 0 spiro atoms. The minimum atomic E-state index is -0.886. The highest BCUT2D eigenvalue weighted by atomic mass is 16.4. The number of fused-ring (bicyclic) bond motifs is 1. The number of hydrogen-bond donors (Lipinski definition) is 1. The van der Waals surface area contributed by atoms with E-state index in [-0.39, 0.29) is 18.5 Å². The summed E-state index contributed by atoms with van der Waals surface area (Å²) in [7, 11) is 0. The van der Waals surface area contributed by atoms with Crippen LogP contribution in [0, 0.1) is 6.92 Å². The fourth-order valence-corrected chi connectivity index (χ4v) is 2.49. The monoisotopic (exact) mass is 312 g/mol. The van der Waals surface area contributed by atoms with E-state index in [4.69, 9.17) is 5.11 Å². The summed E-state index contributed by atoms with van der Waals surface area (Å²) in [6, 6.07) is 9.56. The van der Waals surface area contributed by atoms with Gasteiger partial charge in [-0.3, -0.25) is 9.59 Å². The molecule has 0 unspecified atom stereocenters. The first-order chi connectivity index (χ1) is 11.1. The van der Waals surface area contributed by atoms with Crippen LogP contribution in [0.5, 0.6) is 0 Å². The highest BCUT2D eigenvalue weighted by Crippen LogP contribution is 2.17. The van der Waals surface area contributed by atoms with Crippen molar-refractivity contribution < 1.29 is 9.90 Å². The van der Waals surface area contributed by atoms with Crippen LogP contribution < -0.4 is 5.56 Å². The average Bonchev–Trinajstić information content (AvgIpc) is 2.88. The van der Waals surface area contributed by atoms with Crippen LogP contribution in [0.15, 0.2) is 41.3 Å². The molecule has 0 radical (unpaired) electrons. The molecule has 23 heavy (non-hydrogen) atoms. The van der Waals surface area contributed by atoms with E-state index in [0.29, 0.717) is 17.3 Å². The number of para-hydroxylation sites is 1. The lowest BCUT2D eigenvalue weighted by atomic mass is 10.2. The Morgan fingerprint density at radius 2 is 2.00 bits per heavy atom. The van der Waals surface area contributed by atoms with Gasteiger partial charge in [-0.15, -0.1) is 0 Å². The van der Waals surface area contributed by atoms with Crippen molar-refractivity contribution in [2.75, 3.05) is 0 Å². The summed E-state index contributed by atoms with van der Waals surface area (Å²) in [5.74, 6) is -0.886. The lowest BCUT2D eigenvalue weighted by molar-refractivity contribution is -0.137. The zero-order chi connectivity index (χ0) is 16.4. The maximum Gasteiger partial charge on any atom is 0.303 e. The maximum absolute atomic E-state index is 12.5. The SMILES string of the molecule is Cc1c2cnn(CCCC(=O)O)c(=O)c2nn1-c1ccccc1. The first-order valence-corrected chi connectivity index (χ1v) is 7.30. The van der Waals surface area contributed by atoms with Gasteiger partial charge < -0.3 is 5.11 Å². The van der Waals surface area contributed by atoms with Gasteiger partial charge in [0.05, 0.1) is 17.6 Å². The van der Waals surface area contributed by atoms with Crippen molar-refractivity contribution in [1.82, 2.24) is 19.6 Å². The Bertz CT molecular complexity index is 912. The summed E-state index contributed by atoms with van der Waals surface area (Å²) < 4.78 is 2.99. The molecule has 7 heteroatoms. The summed E-state index contributed by atoms with van der Waals surface area (Å²) in [6.45, 7) is 2.15. The van der Waals surface area contributed by atoms with Crippen LogP contribution in [-0.4, -0.2) is 30.6 Å². The van der Waals surface area contributed by atoms with E-state index in [0.717, 1.165) is 11.4 Å². The summed E-state index contributed by atoms with van der Waals surface area (Å²) in [5, 5.41) is 17.9. The predicted molar refractivity (Wildman–Crippen MR) is 84.7 cm³/mol. The number of aromatic nitrogens is 4. The third kappa shape index (κ3) is 2.85. The van der Waals surface area contributed by atoms with E-state index in [1.165, 1.54) is 4.68 Å². The van der Waals surface area contributed by atoms with E-state index >= 15 is 0 Å². The van der Waals surface area contributed by atoms with Crippen molar-refractivity contribution in [3.05, 3.63) is 52.6 Å². The van der Waals surface area contributed by atoms with Crippen LogP contribution in [-0.2, 0) is 11.3 Å². The molecule has 3 rings (SSSR count). The number of carboxylic acid groups (broad SMARTS) is 1. The van der Waals surface area contributed by atoms with Crippen molar-refractivity contribution in [3.8, 4) is 5.69 Å². The average molecular weight is 312 g/mol. The van der Waals surface area contributed by atoms with Gasteiger partial charge in [-0.1, -0.05) is 18.2 Å². The first-order valence-electron chi connectivity index (χ1n) is 7.30. The minimum absolute atomic E-state index is 0.00361. The van der Waals surface area contributed by atoms with Crippen LogP contribution in [0.1, 0.15) is 18.5 Å². The van der Waals surface area contributed by atoms with Gasteiger partial charge in [0, 0.05) is 18.4 Å². The van der Waals surface area contributed by atoms with Gasteiger partial charge in [-0.2, -0.15) is 10.2 Å². The second-order valence-electron chi connectivity index (χ2n) is 5.27. The Balaban J connectivity index is 2.02. The smallest absolute Gasteiger partial charge is 0.303 e. The van der Waals surface area contributed by atoms with E-state index in [1.807, 2.05) is 37.3 Å². The molecule has 3 aromatic rings. The van der Waals surface area contributed by atoms with Gasteiger partial charge >= 0.3 is 5.97 Å². The molecule has 0 saturated heterocycles. The Morgan fingerprint density at radius 1 is 1.26 bits per heavy atom. The number of carboxylic acids is 1. The molecule has 0 saturated carbocycles. The molecule has 2 aromatic heterocycles. The number of carbonyl (C=O) groups is 1. The lowest BCUT2D eigenvalue weighted by Crippen LogP contribution is -2.23. The minimum Gasteiger partial charge on any atom is -0.481 e. The largest absolute Gasteiger partial charge is 0.481 e. The normalized spacial score (nSPS) is 11.0. The number of hydrogen-bond acceptors (Lipinski definition) is 4. The van der Waals surface area contributed by atoms with Crippen LogP contribution >= 0.6 is 0 Å². The molecule has 1 aromatic carbocycles. The molecule has 2 heterocycles. The molecule has 0 atom stereocenters. The second kappa shape index (κ2) is 6.04. The molecule has 0 aliphatic heterocycles. The zero-order valence-corrected chi connectivity index (χ0v) is 12.6. The van der Waals surface area contributed by atoms with Gasteiger partial charge in [0.1, 0.15) is 0 Å². The van der Waals surface area contributed by atoms with E-state index in [1.54, 1.807) is 10.9 Å². The Kier molecular flexibility index (Phi) is 3.92. The van der Waals surface area contributed by atoms with Gasteiger partial charge in [0.15, 0.2) is 5.52 Å². The van der Waals surface area contributed by atoms with E-state index < -0.39 is 5.97 Å². The highest BCUT2D eigenvalue weighted by Gasteiger charge is 2.14. The number of aryl methyl sites for hydroxylation is 2. The first kappa shape index (κ1) is 15.0. The van der Waals surface area contributed by atoms with Gasteiger partial charge in [0.2, 0.25) is 0 Å². The van der Waals surface area contributed by atoms with Crippen molar-refractivity contribution >= 4 is 16.9 Å². The topological polar surface area (TPSA) is 90.0 Å². The standard InChI is InChI=1S/C16H16N4O3/c1-11-13-10-17-19(9-5-8-14(21)22)16(23)15(13)18-20(11)12-6-3-2-4-7-12/h2-4,6-7,10H,5,8-9H2,1H3,(H,21,22). The fourth-order valence-electron chi connectivity index (χ4n) is 2.49. The summed E-state index contributed by atoms with van der Waals surface area (Å²) >= 11 is 0. The van der Waals surface area contributed by atoms with Crippen LogP contribution in [0.25, 0.3) is 16.6 Å². The van der Waals surface area contributed by atoms with Crippen molar-refractivity contribution in [2.45, 2.75) is 26.3 Å². The maximum atomic E-state index is 12.5. The Hall–Kier alpha value is -2.96. The van der Waals surface area contributed by atoms with Crippen LogP contribution in [0.4, 0.5) is 0 Å². The Labute approximate surface area is 131 Å². The molecule has 1 N–H and O–H groups in total. The molecule has 0 aliphatic rings. The van der Waals surface area contributed by atoms with Gasteiger partial charge in [-0.05, 0) is 25.5 Å².